The van der Waals surface area contributed by atoms with Crippen LogP contribution in [0.2, 0.25) is 15.5 Å². The molecule has 2 aliphatic rings. The highest BCUT2D eigenvalue weighted by Crippen LogP contribution is 2.42. The van der Waals surface area contributed by atoms with Crippen molar-refractivity contribution >= 4 is 57.7 Å². The maximum atomic E-state index is 12.4. The first-order valence-corrected chi connectivity index (χ1v) is 9.73. The fourth-order valence-corrected chi connectivity index (χ4v) is 3.83. The second-order valence-corrected chi connectivity index (χ2v) is 8.79. The van der Waals surface area contributed by atoms with E-state index in [-0.39, 0.29) is 28.6 Å². The average molecular weight is 431 g/mol. The van der Waals surface area contributed by atoms with Gasteiger partial charge in [0.2, 0.25) is 5.28 Å². The number of halogens is 3. The Hall–Kier alpha value is -1.57. The van der Waals surface area contributed by atoms with Crippen LogP contribution in [0.25, 0.3) is 11.0 Å². The van der Waals surface area contributed by atoms with Crippen LogP contribution in [-0.2, 0) is 4.74 Å². The molecule has 1 aliphatic carbocycles. The predicted octanol–water partition coefficient (Wildman–Crippen LogP) is 4.18. The number of carbonyl (C=O) groups is 1. The quantitative estimate of drug-likeness (QED) is 0.499. The summed E-state index contributed by atoms with van der Waals surface area (Å²) >= 11 is 18.2. The first kappa shape index (κ1) is 18.8. The highest BCUT2D eigenvalue weighted by Gasteiger charge is 2.52. The lowest BCUT2D eigenvalue weighted by Gasteiger charge is -2.36. The Kier molecular flexibility index (Phi) is 4.52. The molecule has 0 aromatic carbocycles. The zero-order valence-corrected chi connectivity index (χ0v) is 17.3. The summed E-state index contributed by atoms with van der Waals surface area (Å²) in [5.74, 6) is 0.660. The van der Waals surface area contributed by atoms with E-state index in [1.807, 2.05) is 20.8 Å². The summed E-state index contributed by atoms with van der Waals surface area (Å²) in [4.78, 5) is 29.1. The van der Waals surface area contributed by atoms with Gasteiger partial charge in [0, 0.05) is 13.1 Å². The Morgan fingerprint density at radius 3 is 2.59 bits per heavy atom. The van der Waals surface area contributed by atoms with E-state index in [0.717, 1.165) is 6.42 Å². The second-order valence-electron chi connectivity index (χ2n) is 7.69. The zero-order valence-electron chi connectivity index (χ0n) is 15.0. The molecule has 1 saturated heterocycles. The maximum Gasteiger partial charge on any atom is 0.410 e. The lowest BCUT2D eigenvalue weighted by atomic mass is 10.2. The van der Waals surface area contributed by atoms with E-state index in [4.69, 9.17) is 39.5 Å². The number of anilines is 1. The fourth-order valence-electron chi connectivity index (χ4n) is 3.38. The maximum absolute atomic E-state index is 12.4. The predicted molar refractivity (Wildman–Crippen MR) is 105 cm³/mol. The van der Waals surface area contributed by atoms with Gasteiger partial charge in [-0.3, -0.25) is 0 Å². The molecule has 3 heterocycles. The van der Waals surface area contributed by atoms with Crippen molar-refractivity contribution in [3.8, 4) is 0 Å². The van der Waals surface area contributed by atoms with Crippen LogP contribution in [-0.4, -0.2) is 56.7 Å². The molecule has 4 rings (SSSR count). The van der Waals surface area contributed by atoms with Crippen molar-refractivity contribution in [1.29, 1.82) is 0 Å². The molecule has 0 N–H and O–H groups in total. The van der Waals surface area contributed by atoms with Gasteiger partial charge in [-0.1, -0.05) is 23.2 Å². The minimum Gasteiger partial charge on any atom is -0.444 e. The van der Waals surface area contributed by atoms with E-state index >= 15 is 0 Å². The van der Waals surface area contributed by atoms with Gasteiger partial charge < -0.3 is 14.5 Å². The van der Waals surface area contributed by atoms with Crippen LogP contribution in [0.5, 0.6) is 0 Å². The number of aromatic nitrogens is 3. The molecular formula is C17H18Cl3N5O2. The molecule has 2 aromatic heterocycles. The zero-order chi connectivity index (χ0) is 19.5. The first-order valence-electron chi connectivity index (χ1n) is 8.59. The third-order valence-electron chi connectivity index (χ3n) is 4.56. The van der Waals surface area contributed by atoms with Gasteiger partial charge in [0.15, 0.2) is 5.65 Å². The van der Waals surface area contributed by atoms with Crippen LogP contribution < -0.4 is 4.90 Å². The van der Waals surface area contributed by atoms with E-state index in [1.165, 1.54) is 0 Å². The van der Waals surface area contributed by atoms with E-state index in [2.05, 4.69) is 19.9 Å². The Labute approximate surface area is 171 Å². The van der Waals surface area contributed by atoms with Gasteiger partial charge in [-0.15, -0.1) is 0 Å². The minimum atomic E-state index is -0.517. The van der Waals surface area contributed by atoms with Gasteiger partial charge in [-0.25, -0.2) is 9.78 Å². The molecule has 10 heteroatoms. The van der Waals surface area contributed by atoms with E-state index in [0.29, 0.717) is 35.0 Å². The Morgan fingerprint density at radius 1 is 1.15 bits per heavy atom. The van der Waals surface area contributed by atoms with Gasteiger partial charge in [-0.05, 0) is 44.9 Å². The molecule has 2 atom stereocenters. The number of rotatable bonds is 1. The summed E-state index contributed by atoms with van der Waals surface area (Å²) < 4.78 is 5.51. The number of carbonyl (C=O) groups excluding carboxylic acids is 1. The number of piperazine rings is 1. The van der Waals surface area contributed by atoms with Crippen LogP contribution >= 0.6 is 34.8 Å². The van der Waals surface area contributed by atoms with Crippen molar-refractivity contribution < 1.29 is 9.53 Å². The molecule has 1 amide bonds. The first-order chi connectivity index (χ1) is 12.6. The minimum absolute atomic E-state index is 0.0909. The largest absolute Gasteiger partial charge is 0.444 e. The van der Waals surface area contributed by atoms with Crippen molar-refractivity contribution in [3.63, 3.8) is 0 Å². The number of pyridine rings is 1. The van der Waals surface area contributed by atoms with Crippen molar-refractivity contribution in [2.24, 2.45) is 0 Å². The summed E-state index contributed by atoms with van der Waals surface area (Å²) in [5.41, 5.74) is -0.123. The summed E-state index contributed by atoms with van der Waals surface area (Å²) in [7, 11) is 0. The van der Waals surface area contributed by atoms with Crippen molar-refractivity contribution in [3.05, 3.63) is 21.5 Å². The fraction of sp³-hybridized carbons (Fsp3) is 0.529. The van der Waals surface area contributed by atoms with Gasteiger partial charge in [0.1, 0.15) is 16.6 Å². The molecule has 1 aliphatic heterocycles. The van der Waals surface area contributed by atoms with Crippen LogP contribution in [0.1, 0.15) is 27.2 Å². The van der Waals surface area contributed by atoms with Crippen molar-refractivity contribution in [2.45, 2.75) is 44.9 Å². The van der Waals surface area contributed by atoms with Crippen LogP contribution in [0, 0.1) is 0 Å². The third-order valence-corrected chi connectivity index (χ3v) is 5.40. The summed E-state index contributed by atoms with van der Waals surface area (Å²) in [6, 6.07) is 1.94. The van der Waals surface area contributed by atoms with E-state index in [9.17, 15) is 4.79 Å². The lowest BCUT2D eigenvalue weighted by Crippen LogP contribution is -2.50. The van der Waals surface area contributed by atoms with E-state index in [1.54, 1.807) is 11.0 Å². The summed E-state index contributed by atoms with van der Waals surface area (Å²) in [6.07, 6.45) is 0.564. The standard InChI is InChI=1S/C17H18Cl3N5O2/c1-17(2,3)27-16(26)25-5-4-24(10-7-11(10)25)14-8-6-9(18)12(19)21-13(8)22-15(20)23-14/h6,10-11H,4-5,7H2,1-3H3. The molecule has 144 valence electrons. The highest BCUT2D eigenvalue weighted by molar-refractivity contribution is 6.41. The third kappa shape index (κ3) is 3.60. The monoisotopic (exact) mass is 429 g/mol. The molecule has 2 unspecified atom stereocenters. The second kappa shape index (κ2) is 6.50. The van der Waals surface area contributed by atoms with Gasteiger partial charge in [0.05, 0.1) is 22.5 Å². The number of hydrogen-bond donors (Lipinski definition) is 0. The number of nitrogens with zero attached hydrogens (tertiary/aromatic N) is 5. The van der Waals surface area contributed by atoms with Gasteiger partial charge in [0.25, 0.3) is 0 Å². The van der Waals surface area contributed by atoms with Crippen LogP contribution in [0.3, 0.4) is 0 Å². The number of fused-ring (bicyclic) bond motifs is 2. The SMILES string of the molecule is CC(C)(C)OC(=O)N1CCN(c2nc(Cl)nc3nc(Cl)c(Cl)cc23)C2CC21. The molecule has 0 radical (unpaired) electrons. The summed E-state index contributed by atoms with van der Waals surface area (Å²) in [5, 5.41) is 1.28. The topological polar surface area (TPSA) is 71.5 Å². The number of amides is 1. The van der Waals surface area contributed by atoms with E-state index < -0.39 is 5.60 Å². The highest BCUT2D eigenvalue weighted by atomic mass is 35.5. The lowest BCUT2D eigenvalue weighted by molar-refractivity contribution is 0.0218. The number of hydrogen-bond acceptors (Lipinski definition) is 6. The summed E-state index contributed by atoms with van der Waals surface area (Å²) in [6.45, 7) is 6.73. The molecule has 0 spiro atoms. The molecular weight excluding hydrogens is 413 g/mol. The molecule has 1 saturated carbocycles. The van der Waals surface area contributed by atoms with Gasteiger partial charge >= 0.3 is 6.09 Å². The Morgan fingerprint density at radius 2 is 1.89 bits per heavy atom. The normalized spacial score (nSPS) is 22.0. The molecule has 27 heavy (non-hydrogen) atoms. The van der Waals surface area contributed by atoms with Crippen LogP contribution in [0.15, 0.2) is 6.07 Å². The van der Waals surface area contributed by atoms with Crippen LogP contribution in [0.4, 0.5) is 10.6 Å². The Bertz CT molecular complexity index is 933. The van der Waals surface area contributed by atoms with Crippen molar-refractivity contribution in [2.75, 3.05) is 18.0 Å². The molecule has 2 aromatic rings. The molecule has 0 bridgehead atoms. The molecule has 7 nitrogen and oxygen atoms in total. The Balaban J connectivity index is 1.62. The average Bonchev–Trinajstić information content (AvgIpc) is 3.33. The van der Waals surface area contributed by atoms with Gasteiger partial charge in [-0.2, -0.15) is 9.97 Å². The van der Waals surface area contributed by atoms with Crippen molar-refractivity contribution in [1.82, 2.24) is 19.9 Å². The molecule has 2 fully saturated rings. The smallest absolute Gasteiger partial charge is 0.410 e. The number of ether oxygens (including phenoxy) is 1.